The Labute approximate surface area is 77.4 Å². The quantitative estimate of drug-likeness (QED) is 0.386. The third-order valence-corrected chi connectivity index (χ3v) is 2.05. The lowest BCUT2D eigenvalue weighted by molar-refractivity contribution is 0.667. The van der Waals surface area contributed by atoms with Gasteiger partial charge in [0.25, 0.3) is 0 Å². The summed E-state index contributed by atoms with van der Waals surface area (Å²) in [7, 11) is 0. The Bertz CT molecular complexity index is 131. The summed E-state index contributed by atoms with van der Waals surface area (Å²) in [5.41, 5.74) is 1.42. The monoisotopic (exact) mass is 166 g/mol. The van der Waals surface area contributed by atoms with Crippen LogP contribution in [0, 0.1) is 0 Å². The number of hydrogen-bond acceptors (Lipinski definition) is 0. The lowest BCUT2D eigenvalue weighted by atomic mass is 10.1. The van der Waals surface area contributed by atoms with Gasteiger partial charge in [0, 0.05) is 0 Å². The lowest BCUT2D eigenvalue weighted by Crippen LogP contribution is -1.80. The van der Waals surface area contributed by atoms with E-state index in [4.69, 9.17) is 0 Å². The highest BCUT2D eigenvalue weighted by atomic mass is 14.0. The largest absolute Gasteiger partial charge is 0.0988 e. The molecule has 0 N–H and O–H groups in total. The average Bonchev–Trinajstić information content (AvgIpc) is 2.10. The Morgan fingerprint density at radius 1 is 1.17 bits per heavy atom. The van der Waals surface area contributed by atoms with Crippen LogP contribution in [0.2, 0.25) is 0 Å². The number of hydrogen-bond donors (Lipinski definition) is 0. The smallest absolute Gasteiger partial charge is 0.0282 e. The minimum Gasteiger partial charge on any atom is -0.0988 e. The van der Waals surface area contributed by atoms with Gasteiger partial charge < -0.3 is 0 Å². The molecule has 0 spiro atoms. The molecule has 0 unspecified atom stereocenters. The summed E-state index contributed by atoms with van der Waals surface area (Å²) in [5, 5.41) is 0. The van der Waals surface area contributed by atoms with E-state index in [0.29, 0.717) is 0 Å². The molecule has 0 amide bonds. The molecule has 0 bridgehead atoms. The van der Waals surface area contributed by atoms with E-state index in [9.17, 15) is 0 Å². The molecule has 0 aliphatic rings. The van der Waals surface area contributed by atoms with Gasteiger partial charge in [-0.1, -0.05) is 57.4 Å². The van der Waals surface area contributed by atoms with E-state index >= 15 is 0 Å². The maximum absolute atomic E-state index is 3.81. The highest BCUT2D eigenvalue weighted by Crippen LogP contribution is 2.11. The highest BCUT2D eigenvalue weighted by Gasteiger charge is 1.91. The summed E-state index contributed by atoms with van der Waals surface area (Å²) in [6, 6.07) is 0. The van der Waals surface area contributed by atoms with Gasteiger partial charge in [-0.15, -0.1) is 0 Å². The van der Waals surface area contributed by atoms with Crippen molar-refractivity contribution in [2.45, 2.75) is 52.4 Å². The van der Waals surface area contributed by atoms with E-state index in [1.807, 2.05) is 6.08 Å². The molecule has 0 heterocycles. The Hall–Kier alpha value is -0.520. The Morgan fingerprint density at radius 2 is 1.92 bits per heavy atom. The molecule has 0 rings (SSSR count). The van der Waals surface area contributed by atoms with E-state index in [2.05, 4.69) is 26.5 Å². The van der Waals surface area contributed by atoms with Crippen LogP contribution in [-0.2, 0) is 0 Å². The fourth-order valence-corrected chi connectivity index (χ4v) is 1.31. The van der Waals surface area contributed by atoms with Crippen LogP contribution in [-0.4, -0.2) is 0 Å². The zero-order chi connectivity index (χ0) is 9.23. The molecular formula is C12H22. The second-order valence-corrected chi connectivity index (χ2v) is 3.20. The van der Waals surface area contributed by atoms with Crippen molar-refractivity contribution in [1.29, 1.82) is 0 Å². The normalized spacial score (nSPS) is 11.7. The van der Waals surface area contributed by atoms with E-state index in [-0.39, 0.29) is 0 Å². The highest BCUT2D eigenvalue weighted by molar-refractivity contribution is 5.15. The van der Waals surface area contributed by atoms with Crippen molar-refractivity contribution in [2.24, 2.45) is 0 Å². The van der Waals surface area contributed by atoms with Gasteiger partial charge in [0.05, 0.1) is 0 Å². The maximum atomic E-state index is 3.81. The van der Waals surface area contributed by atoms with Crippen LogP contribution in [0.15, 0.2) is 24.3 Å². The molecule has 0 aromatic heterocycles. The molecule has 0 aromatic rings. The Morgan fingerprint density at radius 3 is 2.42 bits per heavy atom. The van der Waals surface area contributed by atoms with Gasteiger partial charge in [-0.2, -0.15) is 0 Å². The molecule has 70 valence electrons. The third-order valence-electron chi connectivity index (χ3n) is 2.05. The molecule has 0 saturated carbocycles. The molecule has 12 heavy (non-hydrogen) atoms. The first-order valence-electron chi connectivity index (χ1n) is 5.16. The van der Waals surface area contributed by atoms with Gasteiger partial charge in [-0.3, -0.25) is 0 Å². The summed E-state index contributed by atoms with van der Waals surface area (Å²) in [5.74, 6) is 0. The number of unbranched alkanes of at least 4 members (excludes halogenated alkanes) is 3. The standard InChI is InChI=1S/C12H22/c1-4-7-8-9-11-12(6-3)10-5-2/h6,10H,3-5,7-9,11H2,1-2H3. The van der Waals surface area contributed by atoms with Crippen LogP contribution in [0.5, 0.6) is 0 Å². The minimum atomic E-state index is 1.13. The summed E-state index contributed by atoms with van der Waals surface area (Å²) in [6.07, 6.45) is 12.0. The van der Waals surface area contributed by atoms with Crippen molar-refractivity contribution < 1.29 is 0 Å². The summed E-state index contributed by atoms with van der Waals surface area (Å²) in [4.78, 5) is 0. The van der Waals surface area contributed by atoms with Gasteiger partial charge >= 0.3 is 0 Å². The molecule has 0 aliphatic heterocycles. The van der Waals surface area contributed by atoms with Crippen LogP contribution >= 0.6 is 0 Å². The lowest BCUT2D eigenvalue weighted by Gasteiger charge is -2.00. The molecule has 0 radical (unpaired) electrons. The van der Waals surface area contributed by atoms with E-state index in [1.54, 1.807) is 0 Å². The second-order valence-electron chi connectivity index (χ2n) is 3.20. The molecule has 0 heteroatoms. The predicted octanol–water partition coefficient (Wildman–Crippen LogP) is 4.48. The van der Waals surface area contributed by atoms with Crippen LogP contribution in [0.25, 0.3) is 0 Å². The fourth-order valence-electron chi connectivity index (χ4n) is 1.31. The molecule has 0 aliphatic carbocycles. The van der Waals surface area contributed by atoms with Crippen LogP contribution in [0.4, 0.5) is 0 Å². The predicted molar refractivity (Wildman–Crippen MR) is 57.3 cm³/mol. The van der Waals surface area contributed by atoms with Crippen LogP contribution < -0.4 is 0 Å². The number of allylic oxidation sites excluding steroid dienone is 3. The van der Waals surface area contributed by atoms with E-state index < -0.39 is 0 Å². The van der Waals surface area contributed by atoms with Gasteiger partial charge in [-0.25, -0.2) is 0 Å². The first-order chi connectivity index (χ1) is 5.85. The first kappa shape index (κ1) is 11.5. The van der Waals surface area contributed by atoms with Crippen molar-refractivity contribution in [2.75, 3.05) is 0 Å². The van der Waals surface area contributed by atoms with Gasteiger partial charge in [0.2, 0.25) is 0 Å². The third kappa shape index (κ3) is 6.21. The summed E-state index contributed by atoms with van der Waals surface area (Å²) >= 11 is 0. The summed E-state index contributed by atoms with van der Waals surface area (Å²) < 4.78 is 0. The SMILES string of the molecule is C=CC(=CCC)CCCCCC. The topological polar surface area (TPSA) is 0 Å². The van der Waals surface area contributed by atoms with Crippen molar-refractivity contribution >= 4 is 0 Å². The van der Waals surface area contributed by atoms with Crippen LogP contribution in [0.1, 0.15) is 52.4 Å². The van der Waals surface area contributed by atoms with Crippen molar-refractivity contribution in [3.05, 3.63) is 24.3 Å². The fraction of sp³-hybridized carbons (Fsp3) is 0.667. The maximum Gasteiger partial charge on any atom is -0.0282 e. The van der Waals surface area contributed by atoms with Crippen LogP contribution in [0.3, 0.4) is 0 Å². The van der Waals surface area contributed by atoms with Gasteiger partial charge in [-0.05, 0) is 19.3 Å². The second kappa shape index (κ2) is 8.58. The van der Waals surface area contributed by atoms with Gasteiger partial charge in [0.15, 0.2) is 0 Å². The molecule has 0 atom stereocenters. The molecule has 0 nitrogen and oxygen atoms in total. The molecule has 0 saturated heterocycles. The zero-order valence-corrected chi connectivity index (χ0v) is 8.60. The number of rotatable bonds is 7. The van der Waals surface area contributed by atoms with Gasteiger partial charge in [0.1, 0.15) is 0 Å². The molecule has 0 fully saturated rings. The van der Waals surface area contributed by atoms with Crippen molar-refractivity contribution in [3.63, 3.8) is 0 Å². The summed E-state index contributed by atoms with van der Waals surface area (Å²) in [6.45, 7) is 8.23. The molecular weight excluding hydrogens is 144 g/mol. The molecule has 0 aromatic carbocycles. The Balaban J connectivity index is 3.45. The zero-order valence-electron chi connectivity index (χ0n) is 8.60. The minimum absolute atomic E-state index is 1.13. The van der Waals surface area contributed by atoms with Crippen molar-refractivity contribution in [3.8, 4) is 0 Å². The van der Waals surface area contributed by atoms with E-state index in [1.165, 1.54) is 37.7 Å². The Kier molecular flexibility index (Phi) is 8.20. The van der Waals surface area contributed by atoms with Crippen molar-refractivity contribution in [1.82, 2.24) is 0 Å². The van der Waals surface area contributed by atoms with E-state index in [0.717, 1.165) is 6.42 Å². The first-order valence-corrected chi connectivity index (χ1v) is 5.16. The average molecular weight is 166 g/mol.